The number of hydrogen-bond donors (Lipinski definition) is 1. The van der Waals surface area contributed by atoms with Gasteiger partial charge in [0.05, 0.1) is 5.39 Å². The van der Waals surface area contributed by atoms with Crippen LogP contribution < -0.4 is 5.73 Å². The molecule has 0 aliphatic rings. The second-order valence-electron chi connectivity index (χ2n) is 3.27. The summed E-state index contributed by atoms with van der Waals surface area (Å²) in [5.74, 6) is 1.32. The van der Waals surface area contributed by atoms with Crippen LogP contribution >= 0.6 is 34.7 Å². The molecule has 2 heterocycles. The number of thiophene rings is 1. The zero-order chi connectivity index (χ0) is 11.5. The molecule has 2 rings (SSSR count). The second kappa shape index (κ2) is 5.03. The van der Waals surface area contributed by atoms with Gasteiger partial charge in [0.25, 0.3) is 0 Å². The topological polar surface area (TPSA) is 51.8 Å². The van der Waals surface area contributed by atoms with Gasteiger partial charge < -0.3 is 5.73 Å². The Labute approximate surface area is 107 Å². The fraction of sp³-hybridized carbons (Fsp3) is 0.200. The number of nitrogens with two attached hydrogens (primary N) is 1. The minimum absolute atomic E-state index is 0.543. The van der Waals surface area contributed by atoms with E-state index in [1.54, 1.807) is 16.9 Å². The Kier molecular flexibility index (Phi) is 3.68. The van der Waals surface area contributed by atoms with E-state index in [2.05, 4.69) is 9.97 Å². The van der Waals surface area contributed by atoms with E-state index >= 15 is 0 Å². The van der Waals surface area contributed by atoms with Crippen LogP contribution in [0.4, 0.5) is 5.82 Å². The van der Waals surface area contributed by atoms with Crippen LogP contribution in [0.3, 0.4) is 0 Å². The molecule has 84 valence electrons. The standard InChI is InChI=1S/C10H10ClN3S2/c1-6(4-11)5-16-10-13-8(12)7-2-3-15-9(7)14-10/h2-4H,5H2,1H3,(H2,12,13,14)/b6-4-. The Bertz CT molecular complexity index is 536. The van der Waals surface area contributed by atoms with Gasteiger partial charge in [-0.15, -0.1) is 11.3 Å². The highest BCUT2D eigenvalue weighted by Gasteiger charge is 2.06. The van der Waals surface area contributed by atoms with Crippen molar-refractivity contribution >= 4 is 50.7 Å². The molecule has 2 aromatic heterocycles. The highest BCUT2D eigenvalue weighted by Crippen LogP contribution is 2.26. The maximum Gasteiger partial charge on any atom is 0.191 e. The number of nitrogen functional groups attached to an aromatic ring is 1. The molecule has 2 aromatic rings. The molecule has 0 spiro atoms. The van der Waals surface area contributed by atoms with Crippen LogP contribution in [0.1, 0.15) is 6.92 Å². The SMILES string of the molecule is C/C(=C/Cl)CSc1nc(N)c2ccsc2n1. The highest BCUT2D eigenvalue weighted by atomic mass is 35.5. The highest BCUT2D eigenvalue weighted by molar-refractivity contribution is 7.99. The van der Waals surface area contributed by atoms with Crippen LogP contribution in [0.25, 0.3) is 10.2 Å². The third kappa shape index (κ3) is 2.48. The number of hydrogen-bond acceptors (Lipinski definition) is 5. The minimum Gasteiger partial charge on any atom is -0.383 e. The smallest absolute Gasteiger partial charge is 0.191 e. The minimum atomic E-state index is 0.543. The first-order valence-electron chi connectivity index (χ1n) is 4.60. The van der Waals surface area contributed by atoms with Gasteiger partial charge in [0.1, 0.15) is 10.6 Å². The molecule has 0 bridgehead atoms. The maximum absolute atomic E-state index is 5.84. The summed E-state index contributed by atoms with van der Waals surface area (Å²) in [6.45, 7) is 1.97. The lowest BCUT2D eigenvalue weighted by atomic mass is 10.4. The van der Waals surface area contributed by atoms with Gasteiger partial charge in [0.15, 0.2) is 5.16 Å². The fourth-order valence-electron chi connectivity index (χ4n) is 1.13. The largest absolute Gasteiger partial charge is 0.383 e. The van der Waals surface area contributed by atoms with Gasteiger partial charge in [-0.25, -0.2) is 9.97 Å². The molecule has 0 unspecified atom stereocenters. The molecule has 0 fully saturated rings. The summed E-state index contributed by atoms with van der Waals surface area (Å²) in [4.78, 5) is 9.60. The zero-order valence-corrected chi connectivity index (χ0v) is 11.0. The normalized spacial score (nSPS) is 12.2. The van der Waals surface area contributed by atoms with Gasteiger partial charge in [0.2, 0.25) is 0 Å². The predicted molar refractivity (Wildman–Crippen MR) is 72.2 cm³/mol. The molecule has 0 amide bonds. The maximum atomic E-state index is 5.84. The number of anilines is 1. The van der Waals surface area contributed by atoms with E-state index < -0.39 is 0 Å². The molecule has 2 N–H and O–H groups in total. The quantitative estimate of drug-likeness (QED) is 0.686. The lowest BCUT2D eigenvalue weighted by Gasteiger charge is -2.01. The van der Waals surface area contributed by atoms with Gasteiger partial charge in [-0.2, -0.15) is 0 Å². The summed E-state index contributed by atoms with van der Waals surface area (Å²) in [7, 11) is 0. The van der Waals surface area contributed by atoms with Crippen LogP contribution in [0.15, 0.2) is 27.7 Å². The van der Waals surface area contributed by atoms with E-state index in [-0.39, 0.29) is 0 Å². The predicted octanol–water partition coefficient (Wildman–Crippen LogP) is 3.51. The summed E-state index contributed by atoms with van der Waals surface area (Å²) >= 11 is 8.70. The van der Waals surface area contributed by atoms with E-state index in [0.717, 1.165) is 21.5 Å². The van der Waals surface area contributed by atoms with Gasteiger partial charge in [-0.05, 0) is 18.4 Å². The van der Waals surface area contributed by atoms with Gasteiger partial charge >= 0.3 is 0 Å². The van der Waals surface area contributed by atoms with Crippen molar-refractivity contribution in [2.45, 2.75) is 12.1 Å². The molecule has 0 atom stereocenters. The number of fused-ring (bicyclic) bond motifs is 1. The second-order valence-corrected chi connectivity index (χ2v) is 5.33. The number of nitrogens with zero attached hydrogens (tertiary/aromatic N) is 2. The van der Waals surface area contributed by atoms with Crippen LogP contribution in [-0.2, 0) is 0 Å². The first-order chi connectivity index (χ1) is 7.70. The summed E-state index contributed by atoms with van der Waals surface area (Å²) in [5, 5.41) is 3.60. The first kappa shape index (κ1) is 11.7. The van der Waals surface area contributed by atoms with E-state index in [4.69, 9.17) is 17.3 Å². The molecule has 0 aliphatic carbocycles. The summed E-state index contributed by atoms with van der Waals surface area (Å²) < 4.78 is 0. The van der Waals surface area contributed by atoms with Crippen molar-refractivity contribution in [3.05, 3.63) is 22.6 Å². The lowest BCUT2D eigenvalue weighted by Crippen LogP contribution is -1.95. The Morgan fingerprint density at radius 1 is 1.62 bits per heavy atom. The molecule has 0 saturated heterocycles. The third-order valence-electron chi connectivity index (χ3n) is 1.95. The van der Waals surface area contributed by atoms with Crippen molar-refractivity contribution in [3.8, 4) is 0 Å². The number of halogens is 1. The van der Waals surface area contributed by atoms with Gasteiger partial charge in [-0.3, -0.25) is 0 Å². The van der Waals surface area contributed by atoms with Gasteiger partial charge in [-0.1, -0.05) is 28.9 Å². The molecule has 3 nitrogen and oxygen atoms in total. The van der Waals surface area contributed by atoms with Crippen molar-refractivity contribution in [1.29, 1.82) is 0 Å². The van der Waals surface area contributed by atoms with Crippen LogP contribution in [0.2, 0.25) is 0 Å². The summed E-state index contributed by atoms with van der Waals surface area (Å²) in [6, 6.07) is 1.94. The Hall–Kier alpha value is -0.780. The van der Waals surface area contributed by atoms with Crippen molar-refractivity contribution in [1.82, 2.24) is 9.97 Å². The lowest BCUT2D eigenvalue weighted by molar-refractivity contribution is 1.02. The average Bonchev–Trinajstić information content (AvgIpc) is 2.74. The first-order valence-corrected chi connectivity index (χ1v) is 6.90. The molecule has 6 heteroatoms. The summed E-state index contributed by atoms with van der Waals surface area (Å²) in [6.07, 6.45) is 0. The number of rotatable bonds is 3. The molecular formula is C10H10ClN3S2. The molecule has 0 aliphatic heterocycles. The molecule has 16 heavy (non-hydrogen) atoms. The number of aromatic nitrogens is 2. The van der Waals surface area contributed by atoms with Crippen LogP contribution in [0.5, 0.6) is 0 Å². The molecule has 0 saturated carbocycles. The van der Waals surface area contributed by atoms with E-state index in [1.165, 1.54) is 11.8 Å². The Balaban J connectivity index is 2.25. The zero-order valence-electron chi connectivity index (χ0n) is 8.61. The number of thioether (sulfide) groups is 1. The monoisotopic (exact) mass is 271 g/mol. The van der Waals surface area contributed by atoms with Crippen LogP contribution in [0, 0.1) is 0 Å². The fourth-order valence-corrected chi connectivity index (χ4v) is 2.89. The van der Waals surface area contributed by atoms with E-state index in [0.29, 0.717) is 11.0 Å². The van der Waals surface area contributed by atoms with Crippen molar-refractivity contribution in [2.24, 2.45) is 0 Å². The summed E-state index contributed by atoms with van der Waals surface area (Å²) in [5.41, 5.74) is 8.49. The van der Waals surface area contributed by atoms with Crippen LogP contribution in [-0.4, -0.2) is 15.7 Å². The average molecular weight is 272 g/mol. The third-order valence-corrected chi connectivity index (χ3v) is 4.17. The Morgan fingerprint density at radius 3 is 3.19 bits per heavy atom. The Morgan fingerprint density at radius 2 is 2.44 bits per heavy atom. The molecule has 0 radical (unpaired) electrons. The molecular weight excluding hydrogens is 262 g/mol. The van der Waals surface area contributed by atoms with E-state index in [9.17, 15) is 0 Å². The van der Waals surface area contributed by atoms with Gasteiger partial charge in [0, 0.05) is 11.3 Å². The van der Waals surface area contributed by atoms with Crippen molar-refractivity contribution in [3.63, 3.8) is 0 Å². The van der Waals surface area contributed by atoms with Crippen molar-refractivity contribution in [2.75, 3.05) is 11.5 Å². The van der Waals surface area contributed by atoms with Crippen molar-refractivity contribution < 1.29 is 0 Å². The molecule has 0 aromatic carbocycles. The van der Waals surface area contributed by atoms with E-state index in [1.807, 2.05) is 18.4 Å².